The molecule has 1 amide bonds. The van der Waals surface area contributed by atoms with E-state index < -0.39 is 0 Å². The number of aromatic nitrogens is 1. The smallest absolute Gasteiger partial charge is 0.253 e. The van der Waals surface area contributed by atoms with Gasteiger partial charge in [0.2, 0.25) is 0 Å². The molecule has 4 heteroatoms. The molecule has 3 aliphatic rings. The Balaban J connectivity index is 1.54. The lowest BCUT2D eigenvalue weighted by Crippen LogP contribution is -2.57. The third-order valence-corrected chi connectivity index (χ3v) is 5.05. The fourth-order valence-corrected chi connectivity index (χ4v) is 3.75. The van der Waals surface area contributed by atoms with E-state index in [1.165, 1.54) is 25.9 Å². The van der Waals surface area contributed by atoms with E-state index in [9.17, 15) is 4.79 Å². The van der Waals surface area contributed by atoms with Crippen LogP contribution in [-0.2, 0) is 0 Å². The maximum Gasteiger partial charge on any atom is 0.253 e. The Morgan fingerprint density at radius 1 is 1.27 bits per heavy atom. The molecular formula is C18H19N3O. The van der Waals surface area contributed by atoms with Gasteiger partial charge in [-0.3, -0.25) is 4.79 Å². The van der Waals surface area contributed by atoms with Crippen molar-refractivity contribution >= 4 is 11.4 Å². The van der Waals surface area contributed by atoms with E-state index in [-0.39, 0.29) is 11.9 Å². The van der Waals surface area contributed by atoms with Gasteiger partial charge in [-0.15, -0.1) is 6.42 Å². The van der Waals surface area contributed by atoms with Gasteiger partial charge in [0.25, 0.3) is 5.91 Å². The zero-order valence-corrected chi connectivity index (χ0v) is 12.5. The summed E-state index contributed by atoms with van der Waals surface area (Å²) in [7, 11) is 0. The zero-order valence-electron chi connectivity index (χ0n) is 12.5. The van der Waals surface area contributed by atoms with Gasteiger partial charge in [-0.05, 0) is 50.0 Å². The molecule has 3 aliphatic heterocycles. The van der Waals surface area contributed by atoms with Crippen molar-refractivity contribution in [2.45, 2.75) is 18.9 Å². The highest BCUT2D eigenvalue weighted by Crippen LogP contribution is 2.27. The molecule has 1 N–H and O–H groups in total. The number of pyridine rings is 1. The molecule has 2 bridgehead atoms. The quantitative estimate of drug-likeness (QED) is 0.856. The predicted molar refractivity (Wildman–Crippen MR) is 85.8 cm³/mol. The van der Waals surface area contributed by atoms with Gasteiger partial charge in [0, 0.05) is 30.5 Å². The van der Waals surface area contributed by atoms with Crippen LogP contribution in [0.25, 0.3) is 5.52 Å². The van der Waals surface area contributed by atoms with Crippen LogP contribution in [0.15, 0.2) is 30.6 Å². The summed E-state index contributed by atoms with van der Waals surface area (Å²) in [5, 5.41) is 3.22. The highest BCUT2D eigenvalue weighted by molar-refractivity contribution is 5.94. The Morgan fingerprint density at radius 2 is 2.09 bits per heavy atom. The molecule has 2 aromatic rings. The van der Waals surface area contributed by atoms with Gasteiger partial charge >= 0.3 is 0 Å². The van der Waals surface area contributed by atoms with Crippen LogP contribution < -0.4 is 5.32 Å². The molecule has 0 spiro atoms. The number of carbonyl (C=O) groups excluding carboxylic acids is 1. The summed E-state index contributed by atoms with van der Waals surface area (Å²) in [5.41, 5.74) is 2.49. The Kier molecular flexibility index (Phi) is 3.16. The van der Waals surface area contributed by atoms with Crippen LogP contribution in [-0.4, -0.2) is 40.9 Å². The van der Waals surface area contributed by atoms with E-state index in [1.807, 2.05) is 35.0 Å². The number of fused-ring (bicyclic) bond motifs is 4. The van der Waals surface area contributed by atoms with Crippen molar-refractivity contribution in [2.24, 2.45) is 5.92 Å². The molecule has 0 aromatic carbocycles. The lowest BCUT2D eigenvalue weighted by atomic mass is 9.84. The van der Waals surface area contributed by atoms with E-state index in [1.54, 1.807) is 0 Å². The summed E-state index contributed by atoms with van der Waals surface area (Å²) in [5.74, 6) is 3.30. The first-order valence-electron chi connectivity index (χ1n) is 7.85. The van der Waals surface area contributed by atoms with Crippen molar-refractivity contribution in [3.05, 3.63) is 41.7 Å². The van der Waals surface area contributed by atoms with Crippen molar-refractivity contribution < 1.29 is 4.79 Å². The minimum absolute atomic E-state index is 0.0107. The molecule has 112 valence electrons. The van der Waals surface area contributed by atoms with Crippen molar-refractivity contribution in [3.63, 3.8) is 0 Å². The second kappa shape index (κ2) is 5.19. The molecule has 2 aromatic heterocycles. The van der Waals surface area contributed by atoms with Crippen LogP contribution in [0.4, 0.5) is 0 Å². The number of terminal acetylenes is 1. The minimum Gasteiger partial charge on any atom is -0.348 e. The van der Waals surface area contributed by atoms with Gasteiger partial charge in [-0.1, -0.05) is 5.92 Å². The molecule has 3 fully saturated rings. The van der Waals surface area contributed by atoms with Crippen LogP contribution >= 0.6 is 0 Å². The van der Waals surface area contributed by atoms with Gasteiger partial charge in [0.05, 0.1) is 11.1 Å². The summed E-state index contributed by atoms with van der Waals surface area (Å²) in [4.78, 5) is 15.0. The van der Waals surface area contributed by atoms with E-state index in [4.69, 9.17) is 6.42 Å². The van der Waals surface area contributed by atoms with E-state index in [0.717, 1.165) is 17.6 Å². The number of rotatable bonds is 2. The average molecular weight is 293 g/mol. The van der Waals surface area contributed by atoms with Gasteiger partial charge in [0.15, 0.2) is 0 Å². The van der Waals surface area contributed by atoms with E-state index in [0.29, 0.717) is 11.5 Å². The van der Waals surface area contributed by atoms with Crippen LogP contribution in [0.3, 0.4) is 0 Å². The maximum absolute atomic E-state index is 12.5. The second-order valence-electron chi connectivity index (χ2n) is 6.30. The summed E-state index contributed by atoms with van der Waals surface area (Å²) < 4.78 is 1.92. The predicted octanol–water partition coefficient (Wildman–Crippen LogP) is 1.74. The number of hydrogen-bond donors (Lipinski definition) is 1. The minimum atomic E-state index is 0.0107. The van der Waals surface area contributed by atoms with Crippen molar-refractivity contribution in [1.82, 2.24) is 14.6 Å². The number of nitrogens with zero attached hydrogens (tertiary/aromatic N) is 2. The fourth-order valence-electron chi connectivity index (χ4n) is 3.75. The van der Waals surface area contributed by atoms with E-state index >= 15 is 0 Å². The first-order chi connectivity index (χ1) is 10.7. The van der Waals surface area contributed by atoms with Crippen LogP contribution in [0.2, 0.25) is 0 Å². The Hall–Kier alpha value is -2.25. The fraction of sp³-hybridized carbons (Fsp3) is 0.389. The van der Waals surface area contributed by atoms with Crippen LogP contribution in [0.1, 0.15) is 28.8 Å². The number of hydrogen-bond acceptors (Lipinski definition) is 2. The molecule has 0 aliphatic carbocycles. The maximum atomic E-state index is 12.5. The van der Waals surface area contributed by atoms with Gasteiger partial charge in [-0.25, -0.2) is 0 Å². The van der Waals surface area contributed by atoms with Crippen LogP contribution in [0.5, 0.6) is 0 Å². The normalized spacial score (nSPS) is 26.8. The van der Waals surface area contributed by atoms with Crippen LogP contribution in [0, 0.1) is 18.3 Å². The monoisotopic (exact) mass is 293 g/mol. The second-order valence-corrected chi connectivity index (χ2v) is 6.30. The molecule has 1 atom stereocenters. The summed E-state index contributed by atoms with van der Waals surface area (Å²) in [6.45, 7) is 3.35. The third kappa shape index (κ3) is 2.18. The topological polar surface area (TPSA) is 36.8 Å². The standard InChI is InChI=1S/C18H19N3O/c1-2-13-7-10-21-11-15(3-4-17(13)21)18(22)19-16-12-20-8-5-14(16)6-9-20/h1,3-4,7,10-11,14,16H,5-6,8-9,12H2,(H,19,22). The molecule has 5 heterocycles. The summed E-state index contributed by atoms with van der Waals surface area (Å²) in [6, 6.07) is 5.95. The van der Waals surface area contributed by atoms with Crippen molar-refractivity contribution in [2.75, 3.05) is 19.6 Å². The van der Waals surface area contributed by atoms with Crippen molar-refractivity contribution in [3.8, 4) is 12.3 Å². The Labute approximate surface area is 130 Å². The molecule has 1 unspecified atom stereocenters. The number of amides is 1. The van der Waals surface area contributed by atoms with Gasteiger partial charge in [0.1, 0.15) is 0 Å². The summed E-state index contributed by atoms with van der Waals surface area (Å²) >= 11 is 0. The Bertz CT molecular complexity index is 762. The van der Waals surface area contributed by atoms with Gasteiger partial charge < -0.3 is 14.6 Å². The van der Waals surface area contributed by atoms with E-state index in [2.05, 4.69) is 16.1 Å². The largest absolute Gasteiger partial charge is 0.348 e. The first-order valence-corrected chi connectivity index (χ1v) is 7.85. The lowest BCUT2D eigenvalue weighted by Gasteiger charge is -2.44. The number of piperidine rings is 3. The van der Waals surface area contributed by atoms with Crippen molar-refractivity contribution in [1.29, 1.82) is 0 Å². The highest BCUT2D eigenvalue weighted by atomic mass is 16.1. The first kappa shape index (κ1) is 13.4. The highest BCUT2D eigenvalue weighted by Gasteiger charge is 2.34. The Morgan fingerprint density at radius 3 is 2.77 bits per heavy atom. The molecule has 22 heavy (non-hydrogen) atoms. The summed E-state index contributed by atoms with van der Waals surface area (Å²) in [6.07, 6.45) is 11.6. The number of carbonyl (C=O) groups is 1. The molecule has 0 saturated carbocycles. The molecule has 3 saturated heterocycles. The lowest BCUT2D eigenvalue weighted by molar-refractivity contribution is 0.0620. The average Bonchev–Trinajstić information content (AvgIpc) is 2.98. The molecule has 4 nitrogen and oxygen atoms in total. The van der Waals surface area contributed by atoms with Gasteiger partial charge in [-0.2, -0.15) is 0 Å². The molecule has 5 rings (SSSR count). The number of nitrogens with one attached hydrogen (secondary N) is 1. The zero-order chi connectivity index (χ0) is 15.1. The SMILES string of the molecule is C#Cc1ccn2cc(C(=O)NC3CN4CCC3CC4)ccc12. The molecular weight excluding hydrogens is 274 g/mol. The third-order valence-electron chi connectivity index (χ3n) is 5.05. The molecule has 0 radical (unpaired) electrons.